The standard InChI is InChI=1S/C12H9N2S/c13-14-10-6-8-12(9-7-10)15-11-4-2-1-3-5-11/h1-9H/q+1. The molecule has 0 bridgehead atoms. The molecule has 2 aromatic carbocycles. The second-order valence-corrected chi connectivity index (χ2v) is 4.16. The van der Waals surface area contributed by atoms with Crippen LogP contribution < -0.4 is 0 Å². The van der Waals surface area contributed by atoms with Gasteiger partial charge in [0, 0.05) is 21.9 Å². The molecule has 2 nitrogen and oxygen atoms in total. The Labute approximate surface area is 92.6 Å². The van der Waals surface area contributed by atoms with E-state index in [9.17, 15) is 0 Å². The Bertz CT molecular complexity index is 471. The minimum absolute atomic E-state index is 0.576. The third-order valence-electron chi connectivity index (χ3n) is 1.93. The van der Waals surface area contributed by atoms with Crippen LogP contribution in [0.2, 0.25) is 0 Å². The molecule has 72 valence electrons. The first-order chi connectivity index (χ1) is 7.38. The molecule has 0 aromatic heterocycles. The fourth-order valence-corrected chi connectivity index (χ4v) is 2.04. The molecule has 0 atom stereocenters. The Morgan fingerprint density at radius 2 is 1.40 bits per heavy atom. The van der Waals surface area contributed by atoms with Crippen LogP contribution in [0.1, 0.15) is 0 Å². The largest absolute Gasteiger partial charge is 0.385 e. The molecular formula is C12H9N2S+. The molecule has 0 amide bonds. The second-order valence-electron chi connectivity index (χ2n) is 3.01. The molecule has 0 unspecified atom stereocenters. The highest BCUT2D eigenvalue weighted by Crippen LogP contribution is 2.28. The summed E-state index contributed by atoms with van der Waals surface area (Å²) in [5, 5.41) is 8.54. The minimum atomic E-state index is 0.576. The van der Waals surface area contributed by atoms with Crippen molar-refractivity contribution in [1.29, 1.82) is 5.39 Å². The Morgan fingerprint density at radius 3 is 2.00 bits per heavy atom. The maximum atomic E-state index is 8.54. The normalized spacial score (nSPS) is 9.53. The summed E-state index contributed by atoms with van der Waals surface area (Å²) in [7, 11) is 0. The smallest absolute Gasteiger partial charge is 0.0901 e. The summed E-state index contributed by atoms with van der Waals surface area (Å²) in [6, 6.07) is 17.6. The van der Waals surface area contributed by atoms with Crippen LogP contribution in [0.15, 0.2) is 64.4 Å². The van der Waals surface area contributed by atoms with Gasteiger partial charge in [0.25, 0.3) is 0 Å². The summed E-state index contributed by atoms with van der Waals surface area (Å²) in [5.74, 6) is 0. The van der Waals surface area contributed by atoms with Gasteiger partial charge in [0.2, 0.25) is 5.39 Å². The van der Waals surface area contributed by atoms with Gasteiger partial charge in [0.1, 0.15) is 0 Å². The molecule has 0 heterocycles. The van der Waals surface area contributed by atoms with Gasteiger partial charge in [0.05, 0.1) is 0 Å². The van der Waals surface area contributed by atoms with E-state index in [2.05, 4.69) is 17.1 Å². The van der Waals surface area contributed by atoms with Gasteiger partial charge in [-0.05, 0) is 24.3 Å². The van der Waals surface area contributed by atoms with Crippen LogP contribution in [0, 0.1) is 5.39 Å². The first kappa shape index (κ1) is 9.75. The predicted octanol–water partition coefficient (Wildman–Crippen LogP) is 4.32. The quantitative estimate of drug-likeness (QED) is 0.695. The van der Waals surface area contributed by atoms with Crippen molar-refractivity contribution in [3.63, 3.8) is 0 Å². The van der Waals surface area contributed by atoms with Gasteiger partial charge >= 0.3 is 5.69 Å². The molecule has 0 N–H and O–H groups in total. The van der Waals surface area contributed by atoms with Crippen molar-refractivity contribution >= 4 is 17.4 Å². The summed E-state index contributed by atoms with van der Waals surface area (Å²) >= 11 is 1.68. The van der Waals surface area contributed by atoms with E-state index in [1.165, 1.54) is 4.90 Å². The van der Waals surface area contributed by atoms with Gasteiger partial charge in [-0.3, -0.25) is 0 Å². The predicted molar refractivity (Wildman–Crippen MR) is 61.8 cm³/mol. The van der Waals surface area contributed by atoms with E-state index in [1.807, 2.05) is 30.3 Å². The van der Waals surface area contributed by atoms with E-state index in [-0.39, 0.29) is 0 Å². The first-order valence-corrected chi connectivity index (χ1v) is 5.38. The molecule has 0 spiro atoms. The SMILES string of the molecule is N#[N+]c1ccc(Sc2ccccc2)cc1. The number of hydrogen-bond acceptors (Lipinski definition) is 2. The van der Waals surface area contributed by atoms with Crippen molar-refractivity contribution < 1.29 is 0 Å². The van der Waals surface area contributed by atoms with Gasteiger partial charge in [-0.1, -0.05) is 30.0 Å². The van der Waals surface area contributed by atoms with Crippen molar-refractivity contribution in [1.82, 2.24) is 0 Å². The fraction of sp³-hybridized carbons (Fsp3) is 0. The molecule has 0 fully saturated rings. The van der Waals surface area contributed by atoms with Gasteiger partial charge < -0.3 is 0 Å². The number of hydrogen-bond donors (Lipinski definition) is 0. The molecule has 0 radical (unpaired) electrons. The van der Waals surface area contributed by atoms with Gasteiger partial charge in [-0.25, -0.2) is 0 Å². The third-order valence-corrected chi connectivity index (χ3v) is 2.95. The summed E-state index contributed by atoms with van der Waals surface area (Å²) in [5.41, 5.74) is 0.576. The Hall–Kier alpha value is -1.79. The maximum Gasteiger partial charge on any atom is 0.385 e. The lowest BCUT2D eigenvalue weighted by Gasteiger charge is -1.98. The van der Waals surface area contributed by atoms with E-state index in [0.717, 1.165) is 4.90 Å². The summed E-state index contributed by atoms with van der Waals surface area (Å²) in [6.45, 7) is 0. The second kappa shape index (κ2) is 4.63. The number of benzene rings is 2. The lowest BCUT2D eigenvalue weighted by Crippen LogP contribution is -1.71. The van der Waals surface area contributed by atoms with Crippen LogP contribution in [-0.2, 0) is 0 Å². The highest BCUT2D eigenvalue weighted by molar-refractivity contribution is 7.99. The van der Waals surface area contributed by atoms with E-state index in [0.29, 0.717) is 5.69 Å². The zero-order chi connectivity index (χ0) is 10.5. The minimum Gasteiger partial charge on any atom is -0.0901 e. The summed E-state index contributed by atoms with van der Waals surface area (Å²) in [4.78, 5) is 5.44. The molecular weight excluding hydrogens is 204 g/mol. The molecule has 0 aliphatic carbocycles. The molecule has 2 rings (SSSR count). The van der Waals surface area contributed by atoms with E-state index in [1.54, 1.807) is 23.9 Å². The van der Waals surface area contributed by atoms with Crippen LogP contribution >= 0.6 is 11.8 Å². The van der Waals surface area contributed by atoms with Crippen LogP contribution in [0.25, 0.3) is 4.98 Å². The van der Waals surface area contributed by atoms with Crippen molar-refractivity contribution in [2.24, 2.45) is 0 Å². The first-order valence-electron chi connectivity index (χ1n) is 4.56. The molecule has 15 heavy (non-hydrogen) atoms. The van der Waals surface area contributed by atoms with E-state index < -0.39 is 0 Å². The van der Waals surface area contributed by atoms with Crippen molar-refractivity contribution in [2.75, 3.05) is 0 Å². The Kier molecular flexibility index (Phi) is 3.01. The Morgan fingerprint density at radius 1 is 0.800 bits per heavy atom. The number of diazo groups is 1. The zero-order valence-corrected chi connectivity index (χ0v) is 8.82. The molecule has 0 aliphatic heterocycles. The monoisotopic (exact) mass is 213 g/mol. The van der Waals surface area contributed by atoms with Crippen molar-refractivity contribution in [2.45, 2.75) is 9.79 Å². The topological polar surface area (TPSA) is 28.1 Å². The average Bonchev–Trinajstić information content (AvgIpc) is 2.31. The van der Waals surface area contributed by atoms with Gasteiger partial charge in [-0.2, -0.15) is 0 Å². The van der Waals surface area contributed by atoms with Gasteiger partial charge in [-0.15, -0.1) is 0 Å². The van der Waals surface area contributed by atoms with Gasteiger partial charge in [0.15, 0.2) is 4.98 Å². The highest BCUT2D eigenvalue weighted by atomic mass is 32.2. The maximum absolute atomic E-state index is 8.54. The van der Waals surface area contributed by atoms with Crippen molar-refractivity contribution in [3.8, 4) is 0 Å². The zero-order valence-electron chi connectivity index (χ0n) is 8.00. The summed E-state index contributed by atoms with van der Waals surface area (Å²) < 4.78 is 0. The molecule has 3 heteroatoms. The van der Waals surface area contributed by atoms with E-state index >= 15 is 0 Å². The Balaban J connectivity index is 2.16. The lowest BCUT2D eigenvalue weighted by molar-refractivity contribution is 1.40. The van der Waals surface area contributed by atoms with Crippen LogP contribution in [0.3, 0.4) is 0 Å². The number of rotatable bonds is 2. The third kappa shape index (κ3) is 2.58. The summed E-state index contributed by atoms with van der Waals surface area (Å²) in [6.07, 6.45) is 0. The highest BCUT2D eigenvalue weighted by Gasteiger charge is 2.03. The molecule has 0 saturated heterocycles. The van der Waals surface area contributed by atoms with Crippen LogP contribution in [0.5, 0.6) is 0 Å². The molecule has 0 saturated carbocycles. The van der Waals surface area contributed by atoms with Crippen molar-refractivity contribution in [3.05, 3.63) is 59.6 Å². The fourth-order valence-electron chi connectivity index (χ4n) is 1.21. The molecule has 2 aromatic rings. The van der Waals surface area contributed by atoms with E-state index in [4.69, 9.17) is 5.39 Å². The van der Waals surface area contributed by atoms with Crippen LogP contribution in [-0.4, -0.2) is 0 Å². The average molecular weight is 213 g/mol. The van der Waals surface area contributed by atoms with Crippen LogP contribution in [0.4, 0.5) is 5.69 Å². The number of nitrogens with zero attached hydrogens (tertiary/aromatic N) is 2. The molecule has 0 aliphatic rings. The lowest BCUT2D eigenvalue weighted by atomic mass is 10.3.